The summed E-state index contributed by atoms with van der Waals surface area (Å²) in [7, 11) is 1.90. The second-order valence-corrected chi connectivity index (χ2v) is 9.92. The number of fused-ring (bicyclic) bond motifs is 5. The van der Waals surface area contributed by atoms with Crippen LogP contribution in [-0.4, -0.2) is 28.2 Å². The SMILES string of the molecule is COC1CC[C@@]2(C)[C@@H](CC[C@@H]3[C@@H]2CC[C@]2(C)C(n4ccnn4)=CC[C@@H]32)C1. The molecule has 4 nitrogen and oxygen atoms in total. The number of methoxy groups -OCH3 is 1. The van der Waals surface area contributed by atoms with Gasteiger partial charge >= 0.3 is 0 Å². The smallest absolute Gasteiger partial charge is 0.0697 e. The lowest BCUT2D eigenvalue weighted by molar-refractivity contribution is -0.120. The third-order valence-electron chi connectivity index (χ3n) is 9.16. The van der Waals surface area contributed by atoms with Crippen molar-refractivity contribution in [2.24, 2.45) is 34.5 Å². The molecule has 0 amide bonds. The Kier molecular flexibility index (Phi) is 3.86. The van der Waals surface area contributed by atoms with Gasteiger partial charge in [0.2, 0.25) is 0 Å². The highest BCUT2D eigenvalue weighted by molar-refractivity contribution is 5.55. The molecule has 0 radical (unpaired) electrons. The molecule has 0 aromatic carbocycles. The van der Waals surface area contributed by atoms with E-state index in [2.05, 4.69) is 30.2 Å². The fraction of sp³-hybridized carbons (Fsp3) is 0.818. The Bertz CT molecular complexity index is 698. The Morgan fingerprint density at radius 3 is 2.77 bits per heavy atom. The number of hydrogen-bond acceptors (Lipinski definition) is 3. The van der Waals surface area contributed by atoms with Crippen LogP contribution in [0.25, 0.3) is 5.70 Å². The second kappa shape index (κ2) is 5.92. The zero-order valence-corrected chi connectivity index (χ0v) is 16.5. The van der Waals surface area contributed by atoms with Crippen molar-refractivity contribution < 1.29 is 4.74 Å². The summed E-state index contributed by atoms with van der Waals surface area (Å²) in [5.41, 5.74) is 2.23. The zero-order valence-electron chi connectivity index (χ0n) is 16.5. The largest absolute Gasteiger partial charge is 0.381 e. The van der Waals surface area contributed by atoms with E-state index in [1.54, 1.807) is 0 Å². The summed E-state index contributed by atoms with van der Waals surface area (Å²) >= 11 is 0. The Morgan fingerprint density at radius 2 is 2.00 bits per heavy atom. The maximum absolute atomic E-state index is 5.74. The number of nitrogens with zero attached hydrogens (tertiary/aromatic N) is 3. The molecule has 5 rings (SSSR count). The van der Waals surface area contributed by atoms with Crippen LogP contribution in [0.4, 0.5) is 0 Å². The number of ether oxygens (including phenoxy) is 1. The van der Waals surface area contributed by atoms with Crippen molar-refractivity contribution in [3.05, 3.63) is 18.5 Å². The molecule has 1 aromatic heterocycles. The number of rotatable bonds is 2. The molecular formula is C22H33N3O. The average molecular weight is 356 g/mol. The van der Waals surface area contributed by atoms with Gasteiger partial charge in [0.15, 0.2) is 0 Å². The van der Waals surface area contributed by atoms with Crippen LogP contribution in [0.15, 0.2) is 18.5 Å². The standard InChI is InChI=1S/C22H33N3O/c1-21-10-8-16(26-3)14-15(21)4-5-17-18-6-7-20(25-13-12-23-24-25)22(18,2)11-9-19(17)21/h7,12-13,15-19H,4-6,8-11,14H2,1-3H3/t15-,16?,17-,18-,19-,21-,22-/m0/s1. The van der Waals surface area contributed by atoms with Crippen molar-refractivity contribution >= 4 is 5.70 Å². The molecule has 1 aromatic rings. The van der Waals surface area contributed by atoms with E-state index >= 15 is 0 Å². The normalized spacial score (nSPS) is 47.7. The molecule has 0 aliphatic heterocycles. The molecule has 4 aliphatic carbocycles. The highest BCUT2D eigenvalue weighted by atomic mass is 16.5. The Balaban J connectivity index is 1.42. The summed E-state index contributed by atoms with van der Waals surface area (Å²) in [6.45, 7) is 5.13. The maximum atomic E-state index is 5.74. The van der Waals surface area contributed by atoms with E-state index in [4.69, 9.17) is 4.74 Å². The van der Waals surface area contributed by atoms with E-state index in [1.807, 2.05) is 24.2 Å². The number of hydrogen-bond donors (Lipinski definition) is 0. The van der Waals surface area contributed by atoms with E-state index in [-0.39, 0.29) is 5.41 Å². The average Bonchev–Trinajstić information content (AvgIpc) is 3.27. The fourth-order valence-electron chi connectivity index (χ4n) is 7.67. The first-order valence-corrected chi connectivity index (χ1v) is 10.7. The van der Waals surface area contributed by atoms with E-state index in [1.165, 1.54) is 57.1 Å². The van der Waals surface area contributed by atoms with Crippen molar-refractivity contribution in [3.63, 3.8) is 0 Å². The lowest BCUT2D eigenvalue weighted by Crippen LogP contribution is -2.53. The minimum atomic E-state index is 0.280. The number of aromatic nitrogens is 3. The van der Waals surface area contributed by atoms with Crippen LogP contribution in [0.3, 0.4) is 0 Å². The van der Waals surface area contributed by atoms with Crippen LogP contribution in [0.2, 0.25) is 0 Å². The molecule has 26 heavy (non-hydrogen) atoms. The summed E-state index contributed by atoms with van der Waals surface area (Å²) in [4.78, 5) is 0. The van der Waals surface area contributed by atoms with Gasteiger partial charge in [-0.05, 0) is 80.5 Å². The van der Waals surface area contributed by atoms with E-state index in [9.17, 15) is 0 Å². The predicted octanol–water partition coefficient (Wildman–Crippen LogP) is 4.79. The minimum Gasteiger partial charge on any atom is -0.381 e. The van der Waals surface area contributed by atoms with Crippen LogP contribution in [-0.2, 0) is 4.74 Å². The van der Waals surface area contributed by atoms with Crippen molar-refractivity contribution in [1.29, 1.82) is 0 Å². The van der Waals surface area contributed by atoms with Crippen LogP contribution in [0, 0.1) is 34.5 Å². The van der Waals surface area contributed by atoms with Crippen molar-refractivity contribution in [2.45, 2.75) is 71.3 Å². The van der Waals surface area contributed by atoms with Crippen molar-refractivity contribution in [2.75, 3.05) is 7.11 Å². The maximum Gasteiger partial charge on any atom is 0.0697 e. The fourth-order valence-corrected chi connectivity index (χ4v) is 7.67. The van der Waals surface area contributed by atoms with Crippen LogP contribution in [0.5, 0.6) is 0 Å². The van der Waals surface area contributed by atoms with Crippen molar-refractivity contribution in [3.8, 4) is 0 Å². The summed E-state index contributed by atoms with van der Waals surface area (Å²) in [5.74, 6) is 3.45. The van der Waals surface area contributed by atoms with Gasteiger partial charge in [0.1, 0.15) is 0 Å². The molecule has 4 heteroatoms. The van der Waals surface area contributed by atoms with E-state index in [0.717, 1.165) is 23.7 Å². The first-order chi connectivity index (χ1) is 12.6. The highest BCUT2D eigenvalue weighted by Gasteiger charge is 2.59. The Morgan fingerprint density at radius 1 is 1.12 bits per heavy atom. The molecular weight excluding hydrogens is 322 g/mol. The third kappa shape index (κ3) is 2.23. The van der Waals surface area contributed by atoms with Crippen molar-refractivity contribution in [1.82, 2.24) is 15.0 Å². The molecule has 0 N–H and O–H groups in total. The number of allylic oxidation sites excluding steroid dienone is 2. The van der Waals surface area contributed by atoms with Gasteiger partial charge in [0.05, 0.1) is 18.5 Å². The molecule has 0 spiro atoms. The van der Waals surface area contributed by atoms with E-state index < -0.39 is 0 Å². The molecule has 1 heterocycles. The summed E-state index contributed by atoms with van der Waals surface area (Å²) in [6, 6.07) is 0. The van der Waals surface area contributed by atoms with Gasteiger partial charge in [-0.2, -0.15) is 0 Å². The van der Waals surface area contributed by atoms with Gasteiger partial charge in [-0.1, -0.05) is 25.1 Å². The topological polar surface area (TPSA) is 39.9 Å². The molecule has 3 saturated carbocycles. The molecule has 0 saturated heterocycles. The predicted molar refractivity (Wildman–Crippen MR) is 102 cm³/mol. The van der Waals surface area contributed by atoms with Gasteiger partial charge in [-0.15, -0.1) is 5.10 Å². The van der Waals surface area contributed by atoms with Crippen LogP contribution < -0.4 is 0 Å². The highest BCUT2D eigenvalue weighted by Crippen LogP contribution is 2.66. The first-order valence-electron chi connectivity index (χ1n) is 10.7. The molecule has 3 fully saturated rings. The molecule has 1 unspecified atom stereocenters. The second-order valence-electron chi connectivity index (χ2n) is 9.92. The molecule has 4 aliphatic rings. The zero-order chi connectivity index (χ0) is 17.9. The first kappa shape index (κ1) is 17.0. The van der Waals surface area contributed by atoms with E-state index in [0.29, 0.717) is 11.5 Å². The lowest BCUT2D eigenvalue weighted by atomic mass is 9.45. The van der Waals surface area contributed by atoms with Gasteiger partial charge in [-0.25, -0.2) is 4.68 Å². The molecule has 0 bridgehead atoms. The molecule has 142 valence electrons. The third-order valence-corrected chi connectivity index (χ3v) is 9.16. The Labute approximate surface area is 157 Å². The minimum absolute atomic E-state index is 0.280. The quantitative estimate of drug-likeness (QED) is 0.766. The van der Waals surface area contributed by atoms with Crippen LogP contribution >= 0.6 is 0 Å². The summed E-state index contributed by atoms with van der Waals surface area (Å²) in [6.07, 6.45) is 17.5. The van der Waals surface area contributed by atoms with Crippen LogP contribution in [0.1, 0.15) is 65.2 Å². The van der Waals surface area contributed by atoms with Gasteiger partial charge in [0, 0.05) is 18.2 Å². The molecule has 7 atom stereocenters. The van der Waals surface area contributed by atoms with Gasteiger partial charge < -0.3 is 4.74 Å². The summed E-state index contributed by atoms with van der Waals surface area (Å²) < 4.78 is 7.78. The monoisotopic (exact) mass is 355 g/mol. The Hall–Kier alpha value is -1.16. The van der Waals surface area contributed by atoms with Gasteiger partial charge in [-0.3, -0.25) is 0 Å². The van der Waals surface area contributed by atoms with Gasteiger partial charge in [0.25, 0.3) is 0 Å². The summed E-state index contributed by atoms with van der Waals surface area (Å²) in [5, 5.41) is 8.38. The lowest BCUT2D eigenvalue weighted by Gasteiger charge is -2.60.